The quantitative estimate of drug-likeness (QED) is 0.686. The summed E-state index contributed by atoms with van der Waals surface area (Å²) in [6, 6.07) is 12.5. The predicted octanol–water partition coefficient (Wildman–Crippen LogP) is 4.33. The Morgan fingerprint density at radius 2 is 1.50 bits per heavy atom. The number of hydrogen-bond donors (Lipinski definition) is 0. The van der Waals surface area contributed by atoms with E-state index in [4.69, 9.17) is 4.74 Å². The zero-order chi connectivity index (χ0) is 11.8. The minimum Gasteiger partial charge on any atom is -0.488 e. The van der Waals surface area contributed by atoms with Crippen LogP contribution in [0.3, 0.4) is 0 Å². The van der Waals surface area contributed by atoms with E-state index in [9.17, 15) is 0 Å². The molecule has 0 fully saturated rings. The van der Waals surface area contributed by atoms with E-state index < -0.39 is 0 Å². The van der Waals surface area contributed by atoms with Crippen LogP contribution < -0.4 is 4.74 Å². The van der Waals surface area contributed by atoms with Gasteiger partial charge in [-0.2, -0.15) is 0 Å². The number of rotatable bonds is 1. The van der Waals surface area contributed by atoms with Gasteiger partial charge in [-0.3, -0.25) is 0 Å². The van der Waals surface area contributed by atoms with Crippen molar-refractivity contribution in [1.29, 1.82) is 0 Å². The maximum absolute atomic E-state index is 5.97. The molecule has 0 saturated carbocycles. The number of fused-ring (bicyclic) bond motifs is 1. The third kappa shape index (κ3) is 2.19. The summed E-state index contributed by atoms with van der Waals surface area (Å²) in [5.74, 6) is 0.966. The lowest BCUT2D eigenvalue weighted by Crippen LogP contribution is -2.23. The molecule has 0 N–H and O–H groups in total. The summed E-state index contributed by atoms with van der Waals surface area (Å²) in [5.41, 5.74) is 1.13. The molecule has 0 atom stereocenters. The Morgan fingerprint density at radius 1 is 0.875 bits per heavy atom. The van der Waals surface area contributed by atoms with Crippen LogP contribution in [0.25, 0.3) is 10.8 Å². The summed E-state index contributed by atoms with van der Waals surface area (Å²) in [6.07, 6.45) is 0. The highest BCUT2D eigenvalue weighted by Crippen LogP contribution is 2.30. The minimum atomic E-state index is -0.155. The summed E-state index contributed by atoms with van der Waals surface area (Å²) >= 11 is 0. The van der Waals surface area contributed by atoms with Crippen molar-refractivity contribution in [3.63, 3.8) is 0 Å². The van der Waals surface area contributed by atoms with Gasteiger partial charge in [0.1, 0.15) is 11.4 Å². The van der Waals surface area contributed by atoms with E-state index in [1.807, 2.05) is 0 Å². The monoisotopic (exact) mass is 214 g/mol. The fourth-order valence-corrected chi connectivity index (χ4v) is 1.84. The van der Waals surface area contributed by atoms with Crippen molar-refractivity contribution in [1.82, 2.24) is 0 Å². The third-order valence-electron chi connectivity index (χ3n) is 2.52. The fourth-order valence-electron chi connectivity index (χ4n) is 1.84. The van der Waals surface area contributed by atoms with Gasteiger partial charge in [0.25, 0.3) is 0 Å². The molecule has 1 heteroatoms. The summed E-state index contributed by atoms with van der Waals surface area (Å²) in [5, 5.41) is 2.46. The van der Waals surface area contributed by atoms with Crippen molar-refractivity contribution in [3.8, 4) is 5.75 Å². The molecule has 0 bridgehead atoms. The number of benzene rings is 2. The maximum Gasteiger partial charge on any atom is 0.127 e. The van der Waals surface area contributed by atoms with Gasteiger partial charge >= 0.3 is 0 Å². The van der Waals surface area contributed by atoms with Gasteiger partial charge in [-0.1, -0.05) is 30.3 Å². The molecule has 2 aromatic rings. The summed E-state index contributed by atoms with van der Waals surface area (Å²) in [6.45, 7) is 8.34. The highest BCUT2D eigenvalue weighted by Gasteiger charge is 2.13. The molecule has 0 radical (unpaired) electrons. The van der Waals surface area contributed by atoms with E-state index in [0.717, 1.165) is 5.75 Å². The summed E-state index contributed by atoms with van der Waals surface area (Å²) in [7, 11) is 0. The Hall–Kier alpha value is -1.50. The van der Waals surface area contributed by atoms with Gasteiger partial charge in [-0.05, 0) is 44.7 Å². The second kappa shape index (κ2) is 3.82. The van der Waals surface area contributed by atoms with Crippen LogP contribution >= 0.6 is 0 Å². The second-order valence-corrected chi connectivity index (χ2v) is 5.14. The van der Waals surface area contributed by atoms with Crippen molar-refractivity contribution in [2.24, 2.45) is 0 Å². The maximum atomic E-state index is 5.97. The van der Waals surface area contributed by atoms with Gasteiger partial charge in [0.15, 0.2) is 0 Å². The number of aryl methyl sites for hydroxylation is 1. The van der Waals surface area contributed by atoms with Gasteiger partial charge < -0.3 is 4.74 Å². The van der Waals surface area contributed by atoms with Gasteiger partial charge in [0, 0.05) is 5.39 Å². The average molecular weight is 214 g/mol. The van der Waals surface area contributed by atoms with Gasteiger partial charge in [-0.15, -0.1) is 0 Å². The van der Waals surface area contributed by atoms with Crippen LogP contribution in [0.4, 0.5) is 0 Å². The van der Waals surface area contributed by atoms with Crippen LogP contribution in [-0.4, -0.2) is 5.60 Å². The van der Waals surface area contributed by atoms with Crippen LogP contribution in [0.15, 0.2) is 36.4 Å². The standard InChI is InChI=1S/C15H18O/c1-11-9-10-14(16-15(2,3)4)13-8-6-5-7-12(11)13/h5-10H,1-4H3. The molecule has 0 aromatic heterocycles. The van der Waals surface area contributed by atoms with E-state index in [2.05, 4.69) is 64.1 Å². The van der Waals surface area contributed by atoms with Crippen molar-refractivity contribution in [2.45, 2.75) is 33.3 Å². The van der Waals surface area contributed by atoms with Crippen LogP contribution in [-0.2, 0) is 0 Å². The van der Waals surface area contributed by atoms with Crippen LogP contribution in [0, 0.1) is 6.92 Å². The molecule has 0 aliphatic rings. The first-order valence-electron chi connectivity index (χ1n) is 5.65. The molecule has 2 aromatic carbocycles. The SMILES string of the molecule is Cc1ccc(OC(C)(C)C)c2ccccc12. The highest BCUT2D eigenvalue weighted by molar-refractivity contribution is 5.90. The van der Waals surface area contributed by atoms with Gasteiger partial charge in [0.2, 0.25) is 0 Å². The molecule has 0 aliphatic heterocycles. The van der Waals surface area contributed by atoms with Crippen LogP contribution in [0.2, 0.25) is 0 Å². The van der Waals surface area contributed by atoms with Crippen molar-refractivity contribution >= 4 is 10.8 Å². The Bertz CT molecular complexity index is 506. The lowest BCUT2D eigenvalue weighted by Gasteiger charge is -2.22. The Kier molecular flexibility index (Phi) is 2.63. The molecule has 0 heterocycles. The topological polar surface area (TPSA) is 9.23 Å². The molecule has 0 amide bonds. The Labute approximate surface area is 97.1 Å². The van der Waals surface area contributed by atoms with E-state index in [0.29, 0.717) is 0 Å². The number of ether oxygens (including phenoxy) is 1. The van der Waals surface area contributed by atoms with Crippen LogP contribution in [0.5, 0.6) is 5.75 Å². The first-order chi connectivity index (χ1) is 7.47. The number of hydrogen-bond acceptors (Lipinski definition) is 1. The van der Waals surface area contributed by atoms with Crippen molar-refractivity contribution in [2.75, 3.05) is 0 Å². The largest absolute Gasteiger partial charge is 0.488 e. The Morgan fingerprint density at radius 3 is 2.12 bits per heavy atom. The molecule has 0 unspecified atom stereocenters. The predicted molar refractivity (Wildman–Crippen MR) is 69.1 cm³/mol. The van der Waals surface area contributed by atoms with Gasteiger partial charge in [-0.25, -0.2) is 0 Å². The molecule has 1 nitrogen and oxygen atoms in total. The molecule has 84 valence electrons. The first kappa shape index (κ1) is 11.0. The zero-order valence-electron chi connectivity index (χ0n) is 10.4. The lowest BCUT2D eigenvalue weighted by atomic mass is 10.0. The van der Waals surface area contributed by atoms with E-state index >= 15 is 0 Å². The normalized spacial score (nSPS) is 11.8. The van der Waals surface area contributed by atoms with E-state index in [1.54, 1.807) is 0 Å². The second-order valence-electron chi connectivity index (χ2n) is 5.14. The van der Waals surface area contributed by atoms with E-state index in [1.165, 1.54) is 16.3 Å². The molecular formula is C15H18O. The fraction of sp³-hybridized carbons (Fsp3) is 0.333. The molecule has 0 aliphatic carbocycles. The molecule has 0 spiro atoms. The van der Waals surface area contributed by atoms with E-state index in [-0.39, 0.29) is 5.60 Å². The average Bonchev–Trinajstić information content (AvgIpc) is 2.21. The molecule has 16 heavy (non-hydrogen) atoms. The summed E-state index contributed by atoms with van der Waals surface area (Å²) in [4.78, 5) is 0. The summed E-state index contributed by atoms with van der Waals surface area (Å²) < 4.78 is 5.97. The zero-order valence-corrected chi connectivity index (χ0v) is 10.4. The molecule has 0 saturated heterocycles. The molecule has 2 rings (SSSR count). The van der Waals surface area contributed by atoms with Crippen molar-refractivity contribution in [3.05, 3.63) is 42.0 Å². The lowest BCUT2D eigenvalue weighted by molar-refractivity contribution is 0.133. The molecular weight excluding hydrogens is 196 g/mol. The third-order valence-corrected chi connectivity index (χ3v) is 2.52. The smallest absolute Gasteiger partial charge is 0.127 e. The van der Waals surface area contributed by atoms with Crippen LogP contribution in [0.1, 0.15) is 26.3 Å². The Balaban J connectivity index is 2.59. The van der Waals surface area contributed by atoms with Gasteiger partial charge in [0.05, 0.1) is 0 Å². The van der Waals surface area contributed by atoms with Crippen molar-refractivity contribution < 1.29 is 4.74 Å². The first-order valence-corrected chi connectivity index (χ1v) is 5.65. The minimum absolute atomic E-state index is 0.155. The highest BCUT2D eigenvalue weighted by atomic mass is 16.5.